The summed E-state index contributed by atoms with van der Waals surface area (Å²) in [5.41, 5.74) is 5.57. The first-order valence-electron chi connectivity index (χ1n) is 7.35. The average molecular weight is 288 g/mol. The third kappa shape index (κ3) is 1.72. The molecule has 4 aromatic heterocycles. The number of ketones is 1. The number of aryl methyl sites for hydroxylation is 2. The zero-order chi connectivity index (χ0) is 15.3. The van der Waals surface area contributed by atoms with Crippen LogP contribution in [-0.4, -0.2) is 14.6 Å². The summed E-state index contributed by atoms with van der Waals surface area (Å²) in [4.78, 5) is 13.2. The summed E-state index contributed by atoms with van der Waals surface area (Å²) in [6.45, 7) is 3.98. The molecule has 0 aliphatic heterocycles. The second-order valence-corrected chi connectivity index (χ2v) is 5.67. The lowest BCUT2D eigenvalue weighted by Crippen LogP contribution is -2.10. The van der Waals surface area contributed by atoms with Crippen LogP contribution in [-0.2, 0) is 0 Å². The van der Waals surface area contributed by atoms with E-state index in [4.69, 9.17) is 0 Å². The Hall–Kier alpha value is -2.81. The fourth-order valence-corrected chi connectivity index (χ4v) is 3.20. The van der Waals surface area contributed by atoms with Crippen molar-refractivity contribution in [2.75, 3.05) is 0 Å². The van der Waals surface area contributed by atoms with Gasteiger partial charge in [0.1, 0.15) is 0 Å². The maximum atomic E-state index is 13.2. The molecule has 0 aliphatic carbocycles. The predicted octanol–water partition coefficient (Wildman–Crippen LogP) is 4.04. The fourth-order valence-electron chi connectivity index (χ4n) is 3.20. The molecule has 22 heavy (non-hydrogen) atoms. The summed E-state index contributed by atoms with van der Waals surface area (Å²) in [6.07, 6.45) is 3.89. The molecular weight excluding hydrogens is 272 g/mol. The number of aromatic nitrogens is 2. The van der Waals surface area contributed by atoms with Crippen LogP contribution >= 0.6 is 0 Å². The molecule has 0 fully saturated rings. The van der Waals surface area contributed by atoms with Crippen molar-refractivity contribution in [1.82, 2.24) is 8.80 Å². The van der Waals surface area contributed by atoms with E-state index < -0.39 is 0 Å². The molecule has 3 nitrogen and oxygen atoms in total. The van der Waals surface area contributed by atoms with Gasteiger partial charge in [0.15, 0.2) is 0 Å². The predicted molar refractivity (Wildman–Crippen MR) is 87.7 cm³/mol. The van der Waals surface area contributed by atoms with Crippen molar-refractivity contribution < 1.29 is 4.79 Å². The van der Waals surface area contributed by atoms with E-state index in [1.54, 1.807) is 0 Å². The van der Waals surface area contributed by atoms with E-state index in [9.17, 15) is 4.79 Å². The maximum absolute atomic E-state index is 13.2. The van der Waals surface area contributed by atoms with E-state index in [0.29, 0.717) is 0 Å². The zero-order valence-corrected chi connectivity index (χ0v) is 12.6. The van der Waals surface area contributed by atoms with Gasteiger partial charge < -0.3 is 8.80 Å². The van der Waals surface area contributed by atoms with Crippen LogP contribution in [0, 0.1) is 13.8 Å². The molecule has 0 saturated heterocycles. The van der Waals surface area contributed by atoms with Crippen molar-refractivity contribution in [2.45, 2.75) is 13.8 Å². The topological polar surface area (TPSA) is 25.9 Å². The second-order valence-electron chi connectivity index (χ2n) is 5.67. The number of carbonyl (C=O) groups excluding carboxylic acids is 1. The van der Waals surface area contributed by atoms with Crippen molar-refractivity contribution in [2.24, 2.45) is 0 Å². The monoisotopic (exact) mass is 288 g/mol. The number of rotatable bonds is 2. The molecular formula is C19H16N2O. The summed E-state index contributed by atoms with van der Waals surface area (Å²) in [5.74, 6) is 0.0624. The van der Waals surface area contributed by atoms with Crippen molar-refractivity contribution in [1.29, 1.82) is 0 Å². The van der Waals surface area contributed by atoms with E-state index in [1.807, 2.05) is 71.4 Å². The van der Waals surface area contributed by atoms with Crippen molar-refractivity contribution >= 4 is 16.8 Å². The summed E-state index contributed by atoms with van der Waals surface area (Å²) >= 11 is 0. The highest BCUT2D eigenvalue weighted by atomic mass is 16.1. The molecule has 0 amide bonds. The second kappa shape index (κ2) is 4.60. The van der Waals surface area contributed by atoms with E-state index in [1.165, 1.54) is 0 Å². The Bertz CT molecular complexity index is 938. The number of hydrogen-bond donors (Lipinski definition) is 0. The number of hydrogen-bond acceptors (Lipinski definition) is 1. The molecule has 4 aromatic rings. The van der Waals surface area contributed by atoms with Crippen LogP contribution in [0.25, 0.3) is 11.0 Å². The van der Waals surface area contributed by atoms with Gasteiger partial charge in [-0.25, -0.2) is 0 Å². The maximum Gasteiger partial charge on any atom is 0.226 e. The van der Waals surface area contributed by atoms with Crippen LogP contribution in [0.5, 0.6) is 0 Å². The molecule has 4 heterocycles. The highest BCUT2D eigenvalue weighted by molar-refractivity contribution is 6.10. The Balaban J connectivity index is 2.00. The van der Waals surface area contributed by atoms with Gasteiger partial charge in [0.25, 0.3) is 0 Å². The van der Waals surface area contributed by atoms with Gasteiger partial charge in [-0.15, -0.1) is 0 Å². The van der Waals surface area contributed by atoms with Crippen LogP contribution < -0.4 is 0 Å². The lowest BCUT2D eigenvalue weighted by atomic mass is 10.1. The average Bonchev–Trinajstić information content (AvgIpc) is 3.01. The lowest BCUT2D eigenvalue weighted by Gasteiger charge is -2.06. The first-order valence-corrected chi connectivity index (χ1v) is 7.35. The number of fused-ring (bicyclic) bond motifs is 2. The molecule has 0 bridgehead atoms. The van der Waals surface area contributed by atoms with Crippen LogP contribution in [0.1, 0.15) is 27.3 Å². The minimum Gasteiger partial charge on any atom is -0.313 e. The van der Waals surface area contributed by atoms with Gasteiger partial charge in [-0.2, -0.15) is 0 Å². The fraction of sp³-hybridized carbons (Fsp3) is 0.105. The van der Waals surface area contributed by atoms with Crippen molar-refractivity contribution in [3.05, 3.63) is 83.4 Å². The molecule has 3 heteroatoms. The normalized spacial score (nSPS) is 11.4. The van der Waals surface area contributed by atoms with Gasteiger partial charge in [0, 0.05) is 23.4 Å². The summed E-state index contributed by atoms with van der Waals surface area (Å²) < 4.78 is 3.94. The van der Waals surface area contributed by atoms with Gasteiger partial charge in [0.05, 0.1) is 11.4 Å². The highest BCUT2D eigenvalue weighted by Gasteiger charge is 2.21. The number of carbonyl (C=O) groups is 1. The Kier molecular flexibility index (Phi) is 2.70. The molecule has 0 spiro atoms. The van der Waals surface area contributed by atoms with Crippen molar-refractivity contribution in [3.8, 4) is 0 Å². The Morgan fingerprint density at radius 1 is 0.773 bits per heavy atom. The van der Waals surface area contributed by atoms with E-state index >= 15 is 0 Å². The molecule has 0 unspecified atom stereocenters. The van der Waals surface area contributed by atoms with E-state index in [2.05, 4.69) is 12.1 Å². The van der Waals surface area contributed by atoms with Gasteiger partial charge in [0.2, 0.25) is 5.78 Å². The third-order valence-corrected chi connectivity index (χ3v) is 4.17. The van der Waals surface area contributed by atoms with E-state index in [0.717, 1.165) is 33.5 Å². The zero-order valence-electron chi connectivity index (χ0n) is 12.6. The first-order chi connectivity index (χ1) is 10.7. The first kappa shape index (κ1) is 12.9. The van der Waals surface area contributed by atoms with Gasteiger partial charge in [-0.1, -0.05) is 12.1 Å². The van der Waals surface area contributed by atoms with Crippen LogP contribution in [0.3, 0.4) is 0 Å². The molecule has 0 N–H and O–H groups in total. The quantitative estimate of drug-likeness (QED) is 0.511. The molecule has 0 atom stereocenters. The smallest absolute Gasteiger partial charge is 0.226 e. The van der Waals surface area contributed by atoms with Crippen molar-refractivity contribution in [3.63, 3.8) is 0 Å². The van der Waals surface area contributed by atoms with E-state index in [-0.39, 0.29) is 5.78 Å². The summed E-state index contributed by atoms with van der Waals surface area (Å²) in [5, 5.41) is 0. The minimum atomic E-state index is 0.0624. The standard InChI is InChI=1S/C19H16N2O/c1-13-11-15-7-3-5-9-20(15)17(13)19(22)18-14(2)12-16-8-4-6-10-21(16)18/h3-12H,1-2H3. The van der Waals surface area contributed by atoms with Gasteiger partial charge >= 0.3 is 0 Å². The molecule has 4 rings (SSSR count). The Morgan fingerprint density at radius 2 is 1.23 bits per heavy atom. The molecule has 0 aromatic carbocycles. The third-order valence-electron chi connectivity index (χ3n) is 4.17. The largest absolute Gasteiger partial charge is 0.313 e. The highest BCUT2D eigenvalue weighted by Crippen LogP contribution is 2.23. The van der Waals surface area contributed by atoms with Crippen LogP contribution in [0.15, 0.2) is 60.9 Å². The molecule has 0 aliphatic rings. The molecule has 0 radical (unpaired) electrons. The minimum absolute atomic E-state index is 0.0624. The molecule has 108 valence electrons. The van der Waals surface area contributed by atoms with Gasteiger partial charge in [-0.3, -0.25) is 4.79 Å². The number of pyridine rings is 2. The van der Waals surface area contributed by atoms with Crippen LogP contribution in [0.4, 0.5) is 0 Å². The molecule has 0 saturated carbocycles. The lowest BCUT2D eigenvalue weighted by molar-refractivity contribution is 0.102. The summed E-state index contributed by atoms with van der Waals surface area (Å²) in [6, 6.07) is 16.0. The SMILES string of the molecule is Cc1cc2ccccn2c1C(=O)c1c(C)cc2ccccn12. The van der Waals surface area contributed by atoms with Crippen LogP contribution in [0.2, 0.25) is 0 Å². The van der Waals surface area contributed by atoms with Gasteiger partial charge in [-0.05, 0) is 61.4 Å². The summed E-state index contributed by atoms with van der Waals surface area (Å²) in [7, 11) is 0. The Labute approximate surface area is 128 Å². The number of nitrogens with zero attached hydrogens (tertiary/aromatic N) is 2. The Morgan fingerprint density at radius 3 is 1.68 bits per heavy atom.